The first-order valence-corrected chi connectivity index (χ1v) is 12.7. The summed E-state index contributed by atoms with van der Waals surface area (Å²) >= 11 is 0. The van der Waals surface area contributed by atoms with Gasteiger partial charge < -0.3 is 30.4 Å². The van der Waals surface area contributed by atoms with E-state index in [1.807, 2.05) is 0 Å². The van der Waals surface area contributed by atoms with Crippen molar-refractivity contribution in [2.75, 3.05) is 24.4 Å². The van der Waals surface area contributed by atoms with Crippen LogP contribution < -0.4 is 24.8 Å². The molecular weight excluding hydrogens is 548 g/mol. The first-order valence-electron chi connectivity index (χ1n) is 12.7. The number of rotatable bonds is 9. The van der Waals surface area contributed by atoms with Crippen molar-refractivity contribution in [3.63, 3.8) is 0 Å². The quantitative estimate of drug-likeness (QED) is 0.166. The summed E-state index contributed by atoms with van der Waals surface area (Å²) in [6, 6.07) is 16.9. The number of aliphatic hydroxyl groups excluding tert-OH is 1. The third-order valence-corrected chi connectivity index (χ3v) is 6.31. The molecule has 10 nitrogen and oxygen atoms in total. The predicted molar refractivity (Wildman–Crippen MR) is 152 cm³/mol. The molecule has 1 amide bonds. The van der Waals surface area contributed by atoms with Crippen LogP contribution in [0.2, 0.25) is 0 Å². The number of benzene rings is 3. The zero-order valence-electron chi connectivity index (χ0n) is 22.5. The number of fused-ring (bicyclic) bond motifs is 1. The average Bonchev–Trinajstić information content (AvgIpc) is 2.99. The highest BCUT2D eigenvalue weighted by Gasteiger charge is 2.22. The fourth-order valence-corrected chi connectivity index (χ4v) is 4.23. The number of methoxy groups -OCH3 is 1. The number of amides is 1. The second-order valence-electron chi connectivity index (χ2n) is 9.20. The SMILES string of the molecule is COc1ccc2ncnc(Nc3ccc(NC(=O)c4cccc(-c5ccc(F)cc5)[n+]4[O-])cc3F)c2c1O[C@H](C)CO. The molecule has 5 aromatic rings. The van der Waals surface area contributed by atoms with E-state index in [2.05, 4.69) is 20.6 Å². The number of hydrogen-bond donors (Lipinski definition) is 3. The zero-order chi connectivity index (χ0) is 29.8. The maximum absolute atomic E-state index is 15.3. The first-order chi connectivity index (χ1) is 20.3. The summed E-state index contributed by atoms with van der Waals surface area (Å²) in [5, 5.41) is 28.3. The van der Waals surface area contributed by atoms with Crippen LogP contribution in [0, 0.1) is 16.8 Å². The molecule has 0 fully saturated rings. The summed E-state index contributed by atoms with van der Waals surface area (Å²) in [5.74, 6) is -1.06. The highest BCUT2D eigenvalue weighted by molar-refractivity contribution is 6.02. The van der Waals surface area contributed by atoms with E-state index < -0.39 is 23.6 Å². The van der Waals surface area contributed by atoms with E-state index in [1.54, 1.807) is 19.1 Å². The van der Waals surface area contributed by atoms with Crippen molar-refractivity contribution < 1.29 is 32.9 Å². The molecule has 12 heteroatoms. The van der Waals surface area contributed by atoms with Crippen LogP contribution in [-0.4, -0.2) is 40.8 Å². The van der Waals surface area contributed by atoms with Crippen molar-refractivity contribution >= 4 is 34.0 Å². The lowest BCUT2D eigenvalue weighted by atomic mass is 10.1. The Morgan fingerprint density at radius 2 is 1.86 bits per heavy atom. The maximum atomic E-state index is 15.3. The number of carbonyl (C=O) groups excluding carboxylic acids is 1. The molecule has 42 heavy (non-hydrogen) atoms. The van der Waals surface area contributed by atoms with Crippen LogP contribution >= 0.6 is 0 Å². The minimum atomic E-state index is -0.761. The van der Waals surface area contributed by atoms with Crippen LogP contribution in [0.3, 0.4) is 0 Å². The maximum Gasteiger partial charge on any atom is 0.321 e. The monoisotopic (exact) mass is 573 g/mol. The average molecular weight is 574 g/mol. The second-order valence-corrected chi connectivity index (χ2v) is 9.20. The minimum absolute atomic E-state index is 0.0363. The van der Waals surface area contributed by atoms with Crippen LogP contribution in [0.15, 0.2) is 79.1 Å². The van der Waals surface area contributed by atoms with E-state index in [4.69, 9.17) is 9.47 Å². The Labute approximate surface area is 238 Å². The van der Waals surface area contributed by atoms with Gasteiger partial charge in [-0.3, -0.25) is 4.79 Å². The summed E-state index contributed by atoms with van der Waals surface area (Å²) in [5.41, 5.74) is 0.979. The van der Waals surface area contributed by atoms with Gasteiger partial charge in [-0.15, -0.1) is 0 Å². The van der Waals surface area contributed by atoms with Crippen molar-refractivity contribution in [3.05, 3.63) is 102 Å². The molecule has 3 aromatic carbocycles. The van der Waals surface area contributed by atoms with E-state index in [0.29, 0.717) is 26.9 Å². The van der Waals surface area contributed by atoms with Crippen LogP contribution in [0.25, 0.3) is 22.2 Å². The second kappa shape index (κ2) is 12.0. The molecule has 0 radical (unpaired) electrons. The lowest BCUT2D eigenvalue weighted by molar-refractivity contribution is -0.595. The minimum Gasteiger partial charge on any atom is -0.618 e. The number of halogens is 2. The Bertz CT molecular complexity index is 1770. The molecule has 0 aliphatic heterocycles. The Morgan fingerprint density at radius 1 is 1.07 bits per heavy atom. The molecule has 2 heterocycles. The van der Waals surface area contributed by atoms with E-state index in [9.17, 15) is 19.5 Å². The van der Waals surface area contributed by atoms with E-state index in [1.165, 1.54) is 68.0 Å². The normalized spacial score (nSPS) is 11.6. The fourth-order valence-electron chi connectivity index (χ4n) is 4.23. The van der Waals surface area contributed by atoms with E-state index in [-0.39, 0.29) is 40.9 Å². The number of hydrogen-bond acceptors (Lipinski definition) is 8. The highest BCUT2D eigenvalue weighted by atomic mass is 19.1. The largest absolute Gasteiger partial charge is 0.618 e. The van der Waals surface area contributed by atoms with Crippen molar-refractivity contribution in [2.45, 2.75) is 13.0 Å². The van der Waals surface area contributed by atoms with Gasteiger partial charge in [-0.05, 0) is 67.6 Å². The third-order valence-electron chi connectivity index (χ3n) is 6.31. The van der Waals surface area contributed by atoms with E-state index in [0.717, 1.165) is 6.07 Å². The van der Waals surface area contributed by atoms with Gasteiger partial charge in [0.1, 0.15) is 29.9 Å². The smallest absolute Gasteiger partial charge is 0.321 e. The molecule has 0 saturated carbocycles. The van der Waals surface area contributed by atoms with Crippen molar-refractivity contribution in [1.29, 1.82) is 0 Å². The lowest BCUT2D eigenvalue weighted by Gasteiger charge is -2.19. The number of aromatic nitrogens is 3. The Kier molecular flexibility index (Phi) is 8.07. The number of anilines is 3. The number of ether oxygens (including phenoxy) is 2. The molecule has 0 saturated heterocycles. The van der Waals surface area contributed by atoms with Gasteiger partial charge in [-0.25, -0.2) is 18.7 Å². The fraction of sp³-hybridized carbons (Fsp3) is 0.133. The van der Waals surface area contributed by atoms with Crippen LogP contribution in [0.4, 0.5) is 26.0 Å². The predicted octanol–water partition coefficient (Wildman–Crippen LogP) is 4.97. The summed E-state index contributed by atoms with van der Waals surface area (Å²) < 4.78 is 40.3. The van der Waals surface area contributed by atoms with Gasteiger partial charge in [0, 0.05) is 23.4 Å². The Hall–Kier alpha value is -5.36. The van der Waals surface area contributed by atoms with Crippen molar-refractivity contribution in [1.82, 2.24) is 9.97 Å². The number of carbonyl (C=O) groups is 1. The number of nitrogens with zero attached hydrogens (tertiary/aromatic N) is 3. The Morgan fingerprint density at radius 3 is 2.57 bits per heavy atom. The molecular formula is C30H25F2N5O5. The van der Waals surface area contributed by atoms with Crippen LogP contribution in [-0.2, 0) is 0 Å². The first kappa shape index (κ1) is 28.2. The third kappa shape index (κ3) is 5.74. The standard InChI is InChI=1S/C30H25F2N5O5/c1-17(15-38)42-28-26(41-2)13-12-23-27(28)29(34-16-33-23)36-22-11-10-20(14-21(22)32)35-30(39)25-5-3-4-24(37(25)40)18-6-8-19(31)9-7-18/h3-14,16-17,38H,15H2,1-2H3,(H,35,39)(H,33,34,36)/t17-/m1/s1. The number of nitrogens with one attached hydrogen (secondary N) is 2. The molecule has 1 atom stereocenters. The van der Waals surface area contributed by atoms with Gasteiger partial charge in [0.2, 0.25) is 5.69 Å². The lowest BCUT2D eigenvalue weighted by Crippen LogP contribution is -2.38. The van der Waals surface area contributed by atoms with Gasteiger partial charge in [0.15, 0.2) is 11.5 Å². The Balaban J connectivity index is 1.41. The summed E-state index contributed by atoms with van der Waals surface area (Å²) in [6.07, 6.45) is 0.738. The highest BCUT2D eigenvalue weighted by Crippen LogP contribution is 2.40. The van der Waals surface area contributed by atoms with Crippen molar-refractivity contribution in [2.24, 2.45) is 0 Å². The van der Waals surface area contributed by atoms with Gasteiger partial charge >= 0.3 is 5.91 Å². The molecule has 0 spiro atoms. The van der Waals surface area contributed by atoms with Crippen molar-refractivity contribution in [3.8, 4) is 22.8 Å². The summed E-state index contributed by atoms with van der Waals surface area (Å²) in [7, 11) is 1.47. The molecule has 0 aliphatic rings. The molecule has 0 bridgehead atoms. The molecule has 214 valence electrons. The van der Waals surface area contributed by atoms with E-state index >= 15 is 4.39 Å². The number of pyridine rings is 1. The molecule has 2 aromatic heterocycles. The van der Waals surface area contributed by atoms with Crippen LogP contribution in [0.5, 0.6) is 11.5 Å². The molecule has 5 rings (SSSR count). The summed E-state index contributed by atoms with van der Waals surface area (Å²) in [6.45, 7) is 1.43. The topological polar surface area (TPSA) is 133 Å². The molecule has 0 aliphatic carbocycles. The molecule has 3 N–H and O–H groups in total. The van der Waals surface area contributed by atoms with Gasteiger partial charge in [-0.2, -0.15) is 4.73 Å². The van der Waals surface area contributed by atoms with Gasteiger partial charge in [-0.1, -0.05) is 0 Å². The van der Waals surface area contributed by atoms with Gasteiger partial charge in [0.05, 0.1) is 30.3 Å². The number of aliphatic hydroxyl groups is 1. The van der Waals surface area contributed by atoms with Gasteiger partial charge in [0.25, 0.3) is 5.69 Å². The van der Waals surface area contributed by atoms with Crippen LogP contribution in [0.1, 0.15) is 17.4 Å². The summed E-state index contributed by atoms with van der Waals surface area (Å²) in [4.78, 5) is 21.4. The zero-order valence-corrected chi connectivity index (χ0v) is 22.5. The molecule has 0 unspecified atom stereocenters.